The van der Waals surface area contributed by atoms with Crippen molar-refractivity contribution in [2.24, 2.45) is 11.8 Å². The third-order valence-corrected chi connectivity index (χ3v) is 5.46. The summed E-state index contributed by atoms with van der Waals surface area (Å²) < 4.78 is 10.9. The molecular weight excluding hydrogens is 390 g/mol. The van der Waals surface area contributed by atoms with Gasteiger partial charge in [0.2, 0.25) is 5.88 Å². The van der Waals surface area contributed by atoms with Crippen LogP contribution in [0.25, 0.3) is 6.08 Å². The highest BCUT2D eigenvalue weighted by Gasteiger charge is 2.24. The molecule has 0 aliphatic carbocycles. The van der Waals surface area contributed by atoms with E-state index in [1.54, 1.807) is 25.4 Å². The second-order valence-electron chi connectivity index (χ2n) is 8.44. The zero-order valence-corrected chi connectivity index (χ0v) is 18.9. The molecule has 2 amide bonds. The zero-order valence-electron chi connectivity index (χ0n) is 18.9. The summed E-state index contributed by atoms with van der Waals surface area (Å²) in [4.78, 5) is 18.6. The molecule has 1 aromatic carbocycles. The molecule has 1 atom stereocenters. The van der Waals surface area contributed by atoms with Gasteiger partial charge in [0.1, 0.15) is 5.75 Å². The topological polar surface area (TPSA) is 63.7 Å². The van der Waals surface area contributed by atoms with Gasteiger partial charge in [-0.1, -0.05) is 44.6 Å². The van der Waals surface area contributed by atoms with Crippen molar-refractivity contribution < 1.29 is 14.3 Å². The van der Waals surface area contributed by atoms with Gasteiger partial charge in [-0.2, -0.15) is 0 Å². The van der Waals surface area contributed by atoms with Crippen molar-refractivity contribution in [3.05, 3.63) is 53.7 Å². The van der Waals surface area contributed by atoms with Gasteiger partial charge in [-0.25, -0.2) is 9.78 Å². The van der Waals surface area contributed by atoms with Crippen LogP contribution in [0.3, 0.4) is 0 Å². The van der Waals surface area contributed by atoms with Gasteiger partial charge >= 0.3 is 6.03 Å². The fourth-order valence-corrected chi connectivity index (χ4v) is 3.55. The Morgan fingerprint density at radius 3 is 2.84 bits per heavy atom. The van der Waals surface area contributed by atoms with E-state index in [1.165, 1.54) is 5.57 Å². The standard InChI is InChI=1S/C25H33N3O3/c1-18(2)11-13-31-23-7-5-6-20(15-23)14-21-10-12-28(17-19(21)3)25(29)27-22-8-9-24(30-4)26-16-22/h5-9,14-16,18-19H,10-13,17H2,1-4H3,(H,27,29)/b21-14+. The number of carbonyl (C=O) groups excluding carboxylic acids is 1. The van der Waals surface area contributed by atoms with Gasteiger partial charge in [0.05, 0.1) is 25.6 Å². The molecule has 2 heterocycles. The van der Waals surface area contributed by atoms with Crippen LogP contribution in [0.1, 0.15) is 39.2 Å². The van der Waals surface area contributed by atoms with Crippen LogP contribution in [0.2, 0.25) is 0 Å². The van der Waals surface area contributed by atoms with Crippen LogP contribution < -0.4 is 14.8 Å². The molecule has 3 rings (SSSR count). The van der Waals surface area contributed by atoms with Crippen molar-refractivity contribution in [3.63, 3.8) is 0 Å². The van der Waals surface area contributed by atoms with Crippen LogP contribution >= 0.6 is 0 Å². The summed E-state index contributed by atoms with van der Waals surface area (Å²) >= 11 is 0. The summed E-state index contributed by atoms with van der Waals surface area (Å²) in [7, 11) is 1.57. The van der Waals surface area contributed by atoms with Crippen LogP contribution in [0.15, 0.2) is 48.2 Å². The van der Waals surface area contributed by atoms with Crippen LogP contribution in [-0.2, 0) is 0 Å². The second kappa shape index (κ2) is 10.8. The number of nitrogens with zero attached hydrogens (tertiary/aromatic N) is 2. The number of urea groups is 1. The summed E-state index contributed by atoms with van der Waals surface area (Å²) in [6, 6.07) is 11.7. The average molecular weight is 424 g/mol. The quantitative estimate of drug-likeness (QED) is 0.641. The van der Waals surface area contributed by atoms with Gasteiger partial charge < -0.3 is 19.7 Å². The van der Waals surface area contributed by atoms with Gasteiger partial charge in [0.15, 0.2) is 0 Å². The number of likely N-dealkylation sites (tertiary alicyclic amines) is 1. The summed E-state index contributed by atoms with van der Waals surface area (Å²) in [5.74, 6) is 2.36. The lowest BCUT2D eigenvalue weighted by Gasteiger charge is -2.33. The lowest BCUT2D eigenvalue weighted by molar-refractivity contribution is 0.198. The number of carbonyl (C=O) groups is 1. The Hall–Kier alpha value is -3.02. The molecule has 1 aliphatic heterocycles. The molecule has 0 bridgehead atoms. The zero-order chi connectivity index (χ0) is 22.2. The Morgan fingerprint density at radius 2 is 2.16 bits per heavy atom. The van der Waals surface area contributed by atoms with Gasteiger partial charge in [0, 0.05) is 19.2 Å². The lowest BCUT2D eigenvalue weighted by Crippen LogP contribution is -2.42. The van der Waals surface area contributed by atoms with Crippen molar-refractivity contribution >= 4 is 17.8 Å². The van der Waals surface area contributed by atoms with E-state index in [1.807, 2.05) is 17.0 Å². The highest BCUT2D eigenvalue weighted by Crippen LogP contribution is 2.26. The average Bonchev–Trinajstić information content (AvgIpc) is 2.75. The number of nitrogens with one attached hydrogen (secondary N) is 1. The van der Waals surface area contributed by atoms with E-state index >= 15 is 0 Å². The van der Waals surface area contributed by atoms with Crippen molar-refractivity contribution in [1.82, 2.24) is 9.88 Å². The molecule has 2 aromatic rings. The van der Waals surface area contributed by atoms with Crippen LogP contribution in [-0.4, -0.2) is 42.7 Å². The van der Waals surface area contributed by atoms with Gasteiger partial charge in [-0.05, 0) is 48.4 Å². The monoisotopic (exact) mass is 423 g/mol. The molecule has 1 unspecified atom stereocenters. The number of aromatic nitrogens is 1. The summed E-state index contributed by atoms with van der Waals surface area (Å²) in [6.45, 7) is 8.69. The number of rotatable bonds is 7. The highest BCUT2D eigenvalue weighted by atomic mass is 16.5. The third kappa shape index (κ3) is 6.74. The maximum absolute atomic E-state index is 12.6. The maximum atomic E-state index is 12.6. The van der Waals surface area contributed by atoms with Gasteiger partial charge in [-0.15, -0.1) is 0 Å². The number of anilines is 1. The molecule has 0 spiro atoms. The Morgan fingerprint density at radius 1 is 1.32 bits per heavy atom. The van der Waals surface area contributed by atoms with Crippen LogP contribution in [0.4, 0.5) is 10.5 Å². The van der Waals surface area contributed by atoms with E-state index in [0.717, 1.165) is 30.8 Å². The van der Waals surface area contributed by atoms with Crippen LogP contribution in [0.5, 0.6) is 11.6 Å². The first-order valence-electron chi connectivity index (χ1n) is 10.9. The minimum atomic E-state index is -0.0987. The van der Waals surface area contributed by atoms with E-state index in [-0.39, 0.29) is 6.03 Å². The SMILES string of the molecule is COc1ccc(NC(=O)N2CC/C(=C\c3cccc(OCCC(C)C)c3)C(C)C2)cn1. The first kappa shape index (κ1) is 22.7. The summed E-state index contributed by atoms with van der Waals surface area (Å²) in [6.07, 6.45) is 5.75. The summed E-state index contributed by atoms with van der Waals surface area (Å²) in [5, 5.41) is 2.92. The van der Waals surface area contributed by atoms with Gasteiger partial charge in [0.25, 0.3) is 0 Å². The molecule has 1 N–H and O–H groups in total. The molecule has 1 aliphatic rings. The van der Waals surface area contributed by atoms with Crippen molar-refractivity contribution in [3.8, 4) is 11.6 Å². The molecule has 1 aromatic heterocycles. The third-order valence-electron chi connectivity index (χ3n) is 5.46. The molecule has 1 fully saturated rings. The smallest absolute Gasteiger partial charge is 0.321 e. The number of benzene rings is 1. The number of methoxy groups -OCH3 is 1. The molecule has 1 saturated heterocycles. The fraction of sp³-hybridized carbons (Fsp3) is 0.440. The first-order chi connectivity index (χ1) is 14.9. The fourth-order valence-electron chi connectivity index (χ4n) is 3.55. The molecule has 0 radical (unpaired) electrons. The minimum absolute atomic E-state index is 0.0987. The Labute approximate surface area is 185 Å². The Kier molecular flexibility index (Phi) is 7.93. The largest absolute Gasteiger partial charge is 0.494 e. The summed E-state index contributed by atoms with van der Waals surface area (Å²) in [5.41, 5.74) is 3.16. The van der Waals surface area contributed by atoms with E-state index < -0.39 is 0 Å². The predicted octanol–water partition coefficient (Wildman–Crippen LogP) is 5.47. The number of hydrogen-bond donors (Lipinski definition) is 1. The molecular formula is C25H33N3O3. The minimum Gasteiger partial charge on any atom is -0.494 e. The number of ether oxygens (including phenoxy) is 2. The molecule has 31 heavy (non-hydrogen) atoms. The van der Waals surface area contributed by atoms with Gasteiger partial charge in [-0.3, -0.25) is 0 Å². The van der Waals surface area contributed by atoms with E-state index in [9.17, 15) is 4.79 Å². The van der Waals surface area contributed by atoms with E-state index in [2.05, 4.69) is 49.3 Å². The maximum Gasteiger partial charge on any atom is 0.321 e. The normalized spacial score (nSPS) is 17.6. The Balaban J connectivity index is 1.56. The number of piperidine rings is 1. The molecule has 6 heteroatoms. The molecule has 166 valence electrons. The highest BCUT2D eigenvalue weighted by molar-refractivity contribution is 5.89. The second-order valence-corrected chi connectivity index (χ2v) is 8.44. The predicted molar refractivity (Wildman–Crippen MR) is 125 cm³/mol. The molecule has 0 saturated carbocycles. The molecule has 6 nitrogen and oxygen atoms in total. The lowest BCUT2D eigenvalue weighted by atomic mass is 9.91. The van der Waals surface area contributed by atoms with Crippen molar-refractivity contribution in [2.45, 2.75) is 33.6 Å². The van der Waals surface area contributed by atoms with Crippen molar-refractivity contribution in [1.29, 1.82) is 0 Å². The Bertz CT molecular complexity index is 893. The van der Waals surface area contributed by atoms with Crippen molar-refractivity contribution in [2.75, 3.05) is 32.1 Å². The number of hydrogen-bond acceptors (Lipinski definition) is 4. The van der Waals surface area contributed by atoms with E-state index in [4.69, 9.17) is 9.47 Å². The number of pyridine rings is 1. The first-order valence-corrected chi connectivity index (χ1v) is 10.9. The number of amides is 2. The van der Waals surface area contributed by atoms with Crippen LogP contribution in [0, 0.1) is 11.8 Å². The van der Waals surface area contributed by atoms with E-state index in [0.29, 0.717) is 36.5 Å².